The van der Waals surface area contributed by atoms with E-state index in [2.05, 4.69) is 0 Å². The van der Waals surface area contributed by atoms with Crippen LogP contribution in [0.5, 0.6) is 5.75 Å². The molecule has 0 aliphatic rings. The number of hydrogen-bond acceptors (Lipinski definition) is 4. The Morgan fingerprint density at radius 2 is 2.19 bits per heavy atom. The maximum atomic E-state index is 10.9. The molecule has 0 aromatic heterocycles. The van der Waals surface area contributed by atoms with Gasteiger partial charge in [0.25, 0.3) is 0 Å². The number of benzene rings is 1. The molecule has 1 aromatic carbocycles. The van der Waals surface area contributed by atoms with Crippen LogP contribution < -0.4 is 4.74 Å². The minimum atomic E-state index is -3.04. The van der Waals surface area contributed by atoms with E-state index in [0.717, 1.165) is 6.26 Å². The summed E-state index contributed by atoms with van der Waals surface area (Å²) in [5.74, 6) is 0.313. The van der Waals surface area contributed by atoms with Crippen LogP contribution in [0.4, 0.5) is 0 Å². The summed E-state index contributed by atoms with van der Waals surface area (Å²) in [6, 6.07) is 6.51. The highest BCUT2D eigenvalue weighted by atomic mass is 35.5. The van der Waals surface area contributed by atoms with Crippen LogP contribution in [0.3, 0.4) is 0 Å². The fourth-order valence-electron chi connectivity index (χ4n) is 0.990. The fraction of sp³-hybridized carbons (Fsp3) is 0.300. The molecule has 0 atom stereocenters. The zero-order valence-corrected chi connectivity index (χ0v) is 10.2. The van der Waals surface area contributed by atoms with E-state index in [4.69, 9.17) is 21.6 Å². The Bertz CT molecular complexity index is 519. The van der Waals surface area contributed by atoms with E-state index >= 15 is 0 Å². The topological polar surface area (TPSA) is 67.2 Å². The molecule has 0 spiro atoms. The molecular weight excluding hydrogens is 250 g/mol. The standard InChI is InChI=1S/C10H10ClNO3S/c1-16(13,14)5-4-15-10-3-2-8(7-12)6-9(10)11/h2-3,6H,4-5H2,1H3. The van der Waals surface area contributed by atoms with Crippen LogP contribution in [-0.4, -0.2) is 27.0 Å². The zero-order valence-electron chi connectivity index (χ0n) is 8.60. The maximum Gasteiger partial charge on any atom is 0.150 e. The lowest BCUT2D eigenvalue weighted by molar-refractivity contribution is 0.341. The van der Waals surface area contributed by atoms with Crippen molar-refractivity contribution in [3.05, 3.63) is 28.8 Å². The van der Waals surface area contributed by atoms with E-state index in [9.17, 15) is 8.42 Å². The first-order valence-corrected chi connectivity index (χ1v) is 6.86. The summed E-state index contributed by atoms with van der Waals surface area (Å²) in [6.45, 7) is 0.0461. The van der Waals surface area contributed by atoms with E-state index in [1.54, 1.807) is 12.1 Å². The lowest BCUT2D eigenvalue weighted by Crippen LogP contribution is -2.12. The van der Waals surface area contributed by atoms with Crippen LogP contribution in [0, 0.1) is 11.3 Å². The Kier molecular flexibility index (Phi) is 4.16. The van der Waals surface area contributed by atoms with E-state index in [-0.39, 0.29) is 12.4 Å². The average Bonchev–Trinajstić information content (AvgIpc) is 2.18. The predicted octanol–water partition coefficient (Wildman–Crippen LogP) is 1.64. The number of sulfone groups is 1. The van der Waals surface area contributed by atoms with E-state index < -0.39 is 9.84 Å². The maximum absolute atomic E-state index is 10.9. The van der Waals surface area contributed by atoms with Crippen LogP contribution >= 0.6 is 11.6 Å². The molecule has 0 bridgehead atoms. The van der Waals surface area contributed by atoms with Crippen molar-refractivity contribution in [1.82, 2.24) is 0 Å². The van der Waals surface area contributed by atoms with Crippen molar-refractivity contribution < 1.29 is 13.2 Å². The molecule has 0 aliphatic carbocycles. The molecule has 0 radical (unpaired) electrons. The van der Waals surface area contributed by atoms with Crippen molar-refractivity contribution in [2.75, 3.05) is 18.6 Å². The van der Waals surface area contributed by atoms with Gasteiger partial charge >= 0.3 is 0 Å². The number of nitriles is 1. The molecule has 0 saturated heterocycles. The van der Waals surface area contributed by atoms with E-state index in [1.807, 2.05) is 6.07 Å². The summed E-state index contributed by atoms with van der Waals surface area (Å²) in [6.07, 6.45) is 1.14. The lowest BCUT2D eigenvalue weighted by atomic mass is 10.2. The van der Waals surface area contributed by atoms with Gasteiger partial charge in [-0.05, 0) is 18.2 Å². The molecule has 4 nitrogen and oxygen atoms in total. The molecule has 0 heterocycles. The normalized spacial score (nSPS) is 10.8. The Morgan fingerprint density at radius 3 is 2.69 bits per heavy atom. The second-order valence-electron chi connectivity index (χ2n) is 3.24. The first-order chi connectivity index (χ1) is 7.42. The highest BCUT2D eigenvalue weighted by Crippen LogP contribution is 2.25. The van der Waals surface area contributed by atoms with Gasteiger partial charge in [-0.1, -0.05) is 11.6 Å². The third-order valence-corrected chi connectivity index (χ3v) is 2.98. The Balaban J connectivity index is 2.66. The monoisotopic (exact) mass is 259 g/mol. The number of nitrogens with zero attached hydrogens (tertiary/aromatic N) is 1. The van der Waals surface area contributed by atoms with Gasteiger partial charge < -0.3 is 4.74 Å². The van der Waals surface area contributed by atoms with E-state index in [1.165, 1.54) is 6.07 Å². The fourth-order valence-corrected chi connectivity index (χ4v) is 1.61. The molecule has 0 unspecified atom stereocenters. The largest absolute Gasteiger partial charge is 0.491 e. The Labute approximate surface area is 99.3 Å². The Morgan fingerprint density at radius 1 is 1.50 bits per heavy atom. The van der Waals surface area contributed by atoms with Crippen LogP contribution in [0.25, 0.3) is 0 Å². The van der Waals surface area contributed by atoms with Gasteiger partial charge in [-0.2, -0.15) is 5.26 Å². The molecule has 16 heavy (non-hydrogen) atoms. The quantitative estimate of drug-likeness (QED) is 0.824. The second-order valence-corrected chi connectivity index (χ2v) is 5.90. The minimum Gasteiger partial charge on any atom is -0.491 e. The van der Waals surface area contributed by atoms with Crippen molar-refractivity contribution in [2.24, 2.45) is 0 Å². The molecule has 86 valence electrons. The van der Waals surface area contributed by atoms with Gasteiger partial charge in [-0.25, -0.2) is 8.42 Å². The zero-order chi connectivity index (χ0) is 12.2. The van der Waals surface area contributed by atoms with Crippen molar-refractivity contribution in [3.8, 4) is 11.8 Å². The summed E-state index contributed by atoms with van der Waals surface area (Å²) in [7, 11) is -3.04. The predicted molar refractivity (Wildman–Crippen MR) is 61.4 cm³/mol. The average molecular weight is 260 g/mol. The molecule has 0 N–H and O–H groups in total. The van der Waals surface area contributed by atoms with E-state index in [0.29, 0.717) is 16.3 Å². The highest BCUT2D eigenvalue weighted by molar-refractivity contribution is 7.90. The first kappa shape index (κ1) is 12.8. The molecule has 0 aliphatic heterocycles. The summed E-state index contributed by atoms with van der Waals surface area (Å²) in [4.78, 5) is 0. The summed E-state index contributed by atoms with van der Waals surface area (Å²) in [5.41, 5.74) is 0.431. The van der Waals surface area contributed by atoms with Crippen LogP contribution in [0.15, 0.2) is 18.2 Å². The molecule has 0 fully saturated rings. The molecule has 0 saturated carbocycles. The van der Waals surface area contributed by atoms with Gasteiger partial charge in [0.2, 0.25) is 0 Å². The van der Waals surface area contributed by atoms with Gasteiger partial charge in [0.05, 0.1) is 22.4 Å². The second kappa shape index (κ2) is 5.19. The summed E-state index contributed by atoms with van der Waals surface area (Å²) >= 11 is 5.83. The SMILES string of the molecule is CS(=O)(=O)CCOc1ccc(C#N)cc1Cl. The van der Waals surface area contributed by atoms with Gasteiger partial charge in [0.15, 0.2) is 9.84 Å². The molecule has 1 aromatic rings. The van der Waals surface area contributed by atoms with Gasteiger partial charge in [-0.15, -0.1) is 0 Å². The molecule has 1 rings (SSSR count). The molecule has 6 heteroatoms. The minimum absolute atomic E-state index is 0.0461. The van der Waals surface area contributed by atoms with Crippen molar-refractivity contribution in [1.29, 1.82) is 5.26 Å². The number of halogens is 1. The van der Waals surface area contributed by atoms with Crippen molar-refractivity contribution in [3.63, 3.8) is 0 Å². The number of ether oxygens (including phenoxy) is 1. The first-order valence-electron chi connectivity index (χ1n) is 4.42. The van der Waals surface area contributed by atoms with Gasteiger partial charge in [0.1, 0.15) is 12.4 Å². The van der Waals surface area contributed by atoms with Gasteiger partial charge in [0, 0.05) is 6.26 Å². The smallest absolute Gasteiger partial charge is 0.150 e. The molecule has 0 amide bonds. The van der Waals surface area contributed by atoms with Crippen LogP contribution in [0.2, 0.25) is 5.02 Å². The van der Waals surface area contributed by atoms with Crippen LogP contribution in [-0.2, 0) is 9.84 Å². The third-order valence-electron chi connectivity index (χ3n) is 1.77. The lowest BCUT2D eigenvalue weighted by Gasteiger charge is -2.07. The number of hydrogen-bond donors (Lipinski definition) is 0. The molecular formula is C10H10ClNO3S. The highest BCUT2D eigenvalue weighted by Gasteiger charge is 2.05. The van der Waals surface area contributed by atoms with Crippen LogP contribution in [0.1, 0.15) is 5.56 Å². The van der Waals surface area contributed by atoms with Crippen molar-refractivity contribution >= 4 is 21.4 Å². The summed E-state index contributed by atoms with van der Waals surface area (Å²) in [5, 5.41) is 8.91. The Hall–Kier alpha value is -1.25. The third kappa shape index (κ3) is 4.09. The van der Waals surface area contributed by atoms with Gasteiger partial charge in [-0.3, -0.25) is 0 Å². The van der Waals surface area contributed by atoms with Crippen molar-refractivity contribution in [2.45, 2.75) is 0 Å². The summed E-state index contributed by atoms with van der Waals surface area (Å²) < 4.78 is 26.9. The number of rotatable bonds is 4.